The summed E-state index contributed by atoms with van der Waals surface area (Å²) in [5, 5.41) is 29.3. The minimum absolute atomic E-state index is 0.0315. The van der Waals surface area contributed by atoms with Crippen LogP contribution in [0, 0.1) is 10.1 Å². The topological polar surface area (TPSA) is 186 Å². The Balaban J connectivity index is 1.36. The van der Waals surface area contributed by atoms with E-state index < -0.39 is 47.1 Å². The fraction of sp³-hybridized carbons (Fsp3) is 0.125. The van der Waals surface area contributed by atoms with Gasteiger partial charge in [-0.3, -0.25) is 34.3 Å². The van der Waals surface area contributed by atoms with Crippen molar-refractivity contribution < 1.29 is 43.0 Å². The van der Waals surface area contributed by atoms with Crippen LogP contribution in [-0.2, 0) is 14.3 Å². The first-order chi connectivity index (χ1) is 22.7. The monoisotopic (exact) mass is 639 g/mol. The molecule has 2 heterocycles. The van der Waals surface area contributed by atoms with Gasteiger partial charge in [-0.25, -0.2) is 13.8 Å². The lowest BCUT2D eigenvalue weighted by Crippen LogP contribution is -2.45. The minimum Gasteiger partial charge on any atom is -0.478 e. The highest BCUT2D eigenvalue weighted by atomic mass is 19.1. The summed E-state index contributed by atoms with van der Waals surface area (Å²) in [6.45, 7) is -1.48. The molecule has 0 spiro atoms. The Hall–Kier alpha value is -6.35. The number of hydrogen-bond acceptors (Lipinski definition) is 10. The number of benzene rings is 4. The number of aromatic carboxylic acids is 1. The molecular weight excluding hydrogens is 617 g/mol. The minimum atomic E-state index is -2.05. The number of fused-ring (bicyclic) bond motifs is 2. The average Bonchev–Trinajstić information content (AvgIpc) is 3.58. The molecule has 236 valence electrons. The van der Waals surface area contributed by atoms with Gasteiger partial charge in [0.15, 0.2) is 5.52 Å². The summed E-state index contributed by atoms with van der Waals surface area (Å²) in [5.74, 6) is -4.01. The highest BCUT2D eigenvalue weighted by molar-refractivity contribution is 6.14. The molecule has 14 nitrogen and oxygen atoms in total. The number of para-hydroxylation sites is 1. The van der Waals surface area contributed by atoms with Gasteiger partial charge in [0, 0.05) is 22.8 Å². The van der Waals surface area contributed by atoms with E-state index in [9.17, 15) is 38.8 Å². The SMILES string of the molecule is O=C(O)c1cccc(-c2ccccc2)c1N(C(=O)COCCN1C(=O)c2ccccc2C(F)C1=O)c1ccc([N+](=O)[O-])c2nonc12. The van der Waals surface area contributed by atoms with Crippen molar-refractivity contribution in [1.29, 1.82) is 0 Å². The van der Waals surface area contributed by atoms with E-state index in [0.29, 0.717) is 16.0 Å². The third-order valence-electron chi connectivity index (χ3n) is 7.51. The number of carbonyl (C=O) groups is 4. The molecular formula is C32H22FN5O9. The number of amides is 3. The zero-order chi connectivity index (χ0) is 33.2. The normalized spacial score (nSPS) is 14.2. The second kappa shape index (κ2) is 12.6. The number of hydrogen-bond donors (Lipinski definition) is 1. The Morgan fingerprint density at radius 1 is 0.957 bits per heavy atom. The molecule has 3 amide bonds. The smallest absolute Gasteiger partial charge is 0.337 e. The number of imide groups is 1. The largest absolute Gasteiger partial charge is 0.478 e. The molecule has 0 fully saturated rings. The molecule has 1 aromatic heterocycles. The van der Waals surface area contributed by atoms with Crippen LogP contribution in [-0.4, -0.2) is 68.7 Å². The van der Waals surface area contributed by atoms with Gasteiger partial charge >= 0.3 is 11.7 Å². The first-order valence-corrected chi connectivity index (χ1v) is 14.0. The highest BCUT2D eigenvalue weighted by Crippen LogP contribution is 2.42. The predicted molar refractivity (Wildman–Crippen MR) is 162 cm³/mol. The maximum absolute atomic E-state index is 14.8. The molecule has 0 saturated heterocycles. The molecule has 1 atom stereocenters. The molecule has 4 aromatic carbocycles. The number of nitro groups is 1. The van der Waals surface area contributed by atoms with E-state index in [1.807, 2.05) is 0 Å². The summed E-state index contributed by atoms with van der Waals surface area (Å²) < 4.78 is 25.2. The maximum Gasteiger partial charge on any atom is 0.337 e. The van der Waals surface area contributed by atoms with Gasteiger partial charge < -0.3 is 9.84 Å². The van der Waals surface area contributed by atoms with Crippen molar-refractivity contribution in [3.63, 3.8) is 0 Å². The van der Waals surface area contributed by atoms with Gasteiger partial charge in [-0.05, 0) is 34.1 Å². The summed E-state index contributed by atoms with van der Waals surface area (Å²) in [4.78, 5) is 64.8. The van der Waals surface area contributed by atoms with Gasteiger partial charge in [-0.1, -0.05) is 60.7 Å². The van der Waals surface area contributed by atoms with Crippen molar-refractivity contribution in [3.8, 4) is 11.1 Å². The first-order valence-electron chi connectivity index (χ1n) is 14.0. The molecule has 5 aromatic rings. The van der Waals surface area contributed by atoms with Crippen LogP contribution in [0.4, 0.5) is 21.5 Å². The van der Waals surface area contributed by atoms with Crippen molar-refractivity contribution in [3.05, 3.63) is 112 Å². The molecule has 1 aliphatic heterocycles. The van der Waals surface area contributed by atoms with Gasteiger partial charge in [0.25, 0.3) is 17.7 Å². The Morgan fingerprint density at radius 3 is 2.40 bits per heavy atom. The van der Waals surface area contributed by atoms with Crippen LogP contribution in [0.1, 0.15) is 32.5 Å². The molecule has 1 N–H and O–H groups in total. The summed E-state index contributed by atoms with van der Waals surface area (Å²) in [6, 6.07) is 21.1. The van der Waals surface area contributed by atoms with Crippen molar-refractivity contribution in [2.24, 2.45) is 0 Å². The van der Waals surface area contributed by atoms with Crippen LogP contribution in [0.3, 0.4) is 0 Å². The van der Waals surface area contributed by atoms with Crippen LogP contribution in [0.15, 0.2) is 89.6 Å². The van der Waals surface area contributed by atoms with E-state index in [2.05, 4.69) is 10.3 Å². The second-order valence-corrected chi connectivity index (χ2v) is 10.2. The molecule has 6 rings (SSSR count). The lowest BCUT2D eigenvalue weighted by Gasteiger charge is -2.29. The maximum atomic E-state index is 14.8. The number of carbonyl (C=O) groups excluding carboxylic acids is 3. The number of ether oxygens (including phenoxy) is 1. The Kier molecular flexibility index (Phi) is 8.20. The first kappa shape index (κ1) is 30.7. The fourth-order valence-corrected chi connectivity index (χ4v) is 5.38. The zero-order valence-electron chi connectivity index (χ0n) is 24.1. The zero-order valence-corrected chi connectivity index (χ0v) is 24.1. The van der Waals surface area contributed by atoms with Crippen molar-refractivity contribution in [2.75, 3.05) is 24.7 Å². The summed E-state index contributed by atoms with van der Waals surface area (Å²) in [6.07, 6.45) is -2.05. The molecule has 0 radical (unpaired) electrons. The Bertz CT molecular complexity index is 2070. The van der Waals surface area contributed by atoms with Gasteiger partial charge in [0.1, 0.15) is 6.61 Å². The molecule has 1 unspecified atom stereocenters. The van der Waals surface area contributed by atoms with Crippen LogP contribution in [0.2, 0.25) is 0 Å². The molecule has 47 heavy (non-hydrogen) atoms. The number of carboxylic acid groups (broad SMARTS) is 1. The number of anilines is 2. The summed E-state index contributed by atoms with van der Waals surface area (Å²) in [7, 11) is 0. The Labute approximate surface area is 263 Å². The highest BCUT2D eigenvalue weighted by Gasteiger charge is 2.39. The number of halogens is 1. The number of aromatic nitrogens is 2. The van der Waals surface area contributed by atoms with E-state index in [-0.39, 0.29) is 52.3 Å². The van der Waals surface area contributed by atoms with Crippen molar-refractivity contribution >= 4 is 51.8 Å². The molecule has 1 aliphatic rings. The van der Waals surface area contributed by atoms with E-state index in [4.69, 9.17) is 9.37 Å². The summed E-state index contributed by atoms with van der Waals surface area (Å²) in [5.41, 5.74) is -0.583. The average molecular weight is 640 g/mol. The number of carboxylic acids is 1. The van der Waals surface area contributed by atoms with Gasteiger partial charge in [0.2, 0.25) is 11.7 Å². The standard InChI is InChI=1S/C32H22FN5O9/c33-26-20-9-4-5-10-21(20)30(40)36(31(26)41)15-16-46-17-25(39)37(23-13-14-24(38(44)45)28-27(23)34-47-35-28)29-19(18-7-2-1-3-8-18)11-6-12-22(29)32(42)43/h1-14,26H,15-17H2,(H,42,43). The van der Waals surface area contributed by atoms with E-state index in [0.717, 1.165) is 11.0 Å². The van der Waals surface area contributed by atoms with Crippen LogP contribution >= 0.6 is 0 Å². The second-order valence-electron chi connectivity index (χ2n) is 10.2. The molecule has 15 heteroatoms. The number of rotatable bonds is 10. The lowest BCUT2D eigenvalue weighted by atomic mass is 9.97. The molecule has 0 saturated carbocycles. The van der Waals surface area contributed by atoms with Crippen molar-refractivity contribution in [2.45, 2.75) is 6.17 Å². The van der Waals surface area contributed by atoms with E-state index in [1.54, 1.807) is 42.5 Å². The van der Waals surface area contributed by atoms with Gasteiger partial charge in [-0.2, -0.15) is 0 Å². The predicted octanol–water partition coefficient (Wildman–Crippen LogP) is 4.87. The Morgan fingerprint density at radius 2 is 1.66 bits per heavy atom. The van der Waals surface area contributed by atoms with Crippen molar-refractivity contribution in [1.82, 2.24) is 15.2 Å². The third-order valence-corrected chi connectivity index (χ3v) is 7.51. The summed E-state index contributed by atoms with van der Waals surface area (Å²) >= 11 is 0. The fourth-order valence-electron chi connectivity index (χ4n) is 5.38. The number of nitrogens with zero attached hydrogens (tertiary/aromatic N) is 5. The van der Waals surface area contributed by atoms with E-state index in [1.165, 1.54) is 36.4 Å². The van der Waals surface area contributed by atoms with Gasteiger partial charge in [-0.15, -0.1) is 0 Å². The quantitative estimate of drug-likeness (QED) is 0.0951. The molecule has 0 aliphatic carbocycles. The lowest BCUT2D eigenvalue weighted by molar-refractivity contribution is -0.383. The third kappa shape index (κ3) is 5.55. The number of non-ortho nitro benzene ring substituents is 1. The van der Waals surface area contributed by atoms with Crippen LogP contribution in [0.25, 0.3) is 22.2 Å². The van der Waals surface area contributed by atoms with Crippen LogP contribution in [0.5, 0.6) is 0 Å². The molecule has 0 bridgehead atoms. The number of nitro benzene ring substituents is 1. The van der Waals surface area contributed by atoms with Gasteiger partial charge in [0.05, 0.1) is 35.0 Å². The van der Waals surface area contributed by atoms with Crippen LogP contribution < -0.4 is 4.90 Å². The number of alkyl halides is 1. The van der Waals surface area contributed by atoms with E-state index >= 15 is 0 Å².